The molecule has 1 aliphatic heterocycles. The number of fused-ring (bicyclic) bond motifs is 7. The van der Waals surface area contributed by atoms with Crippen molar-refractivity contribution in [3.05, 3.63) is 95.1 Å². The van der Waals surface area contributed by atoms with Crippen molar-refractivity contribution >= 4 is 23.2 Å². The summed E-state index contributed by atoms with van der Waals surface area (Å²) >= 11 is 0. The highest BCUT2D eigenvalue weighted by molar-refractivity contribution is 6.09. The summed E-state index contributed by atoms with van der Waals surface area (Å²) < 4.78 is 5.02. The molecule has 1 heterocycles. The molecule has 6 nitrogen and oxygen atoms in total. The summed E-state index contributed by atoms with van der Waals surface area (Å²) in [4.78, 5) is 26.1. The average molecular weight is 496 g/mol. The lowest BCUT2D eigenvalue weighted by molar-refractivity contribution is 0.0938. The Morgan fingerprint density at radius 1 is 0.946 bits per heavy atom. The lowest BCUT2D eigenvalue weighted by Gasteiger charge is -2.43. The number of rotatable bonds is 7. The van der Waals surface area contributed by atoms with E-state index in [-0.39, 0.29) is 11.8 Å². The highest BCUT2D eigenvalue weighted by atomic mass is 16.5. The molecule has 2 bridgehead atoms. The van der Waals surface area contributed by atoms with Gasteiger partial charge in [-0.05, 0) is 84.4 Å². The largest absolute Gasteiger partial charge is 0.383 e. The minimum absolute atomic E-state index is 0.204. The molecular formula is C31H33N3O3. The number of ether oxygens (including phenoxy) is 1. The molecule has 2 aliphatic carbocycles. The Kier molecular flexibility index (Phi) is 6.43. The molecule has 3 aromatic rings. The number of benzene rings is 3. The summed E-state index contributed by atoms with van der Waals surface area (Å²) in [6, 6.07) is 24.2. The topological polar surface area (TPSA) is 79.5 Å². The maximum Gasteiger partial charge on any atom is 0.255 e. The van der Waals surface area contributed by atoms with E-state index in [9.17, 15) is 9.59 Å². The van der Waals surface area contributed by atoms with Crippen LogP contribution >= 0.6 is 0 Å². The quantitative estimate of drug-likeness (QED) is 0.372. The normalized spacial score (nSPS) is 25.1. The molecule has 6 rings (SSSR count). The zero-order valence-electron chi connectivity index (χ0n) is 21.1. The Morgan fingerprint density at radius 3 is 2.57 bits per heavy atom. The number of hydrogen-bond donors (Lipinski definition) is 3. The number of hydrogen-bond acceptors (Lipinski definition) is 4. The lowest BCUT2D eigenvalue weighted by Crippen LogP contribution is -2.35. The van der Waals surface area contributed by atoms with Gasteiger partial charge >= 0.3 is 0 Å². The van der Waals surface area contributed by atoms with Crippen molar-refractivity contribution in [3.63, 3.8) is 0 Å². The van der Waals surface area contributed by atoms with E-state index in [1.165, 1.54) is 30.4 Å². The van der Waals surface area contributed by atoms with Gasteiger partial charge in [-0.1, -0.05) is 42.5 Å². The van der Waals surface area contributed by atoms with Crippen molar-refractivity contribution in [2.45, 2.75) is 31.2 Å². The molecule has 37 heavy (non-hydrogen) atoms. The highest BCUT2D eigenvalue weighted by Gasteiger charge is 2.53. The van der Waals surface area contributed by atoms with E-state index in [1.54, 1.807) is 25.3 Å². The maximum atomic E-state index is 13.4. The van der Waals surface area contributed by atoms with E-state index in [0.717, 1.165) is 11.6 Å². The third-order valence-corrected chi connectivity index (χ3v) is 8.52. The second-order valence-electron chi connectivity index (χ2n) is 10.5. The van der Waals surface area contributed by atoms with Crippen molar-refractivity contribution in [2.75, 3.05) is 30.9 Å². The van der Waals surface area contributed by atoms with Crippen molar-refractivity contribution in [3.8, 4) is 0 Å². The molecule has 2 fully saturated rings. The molecule has 3 aromatic carbocycles. The van der Waals surface area contributed by atoms with Crippen LogP contribution in [0, 0.1) is 17.8 Å². The van der Waals surface area contributed by atoms with Gasteiger partial charge in [0.15, 0.2) is 0 Å². The number of carbonyl (C=O) groups is 2. The fraction of sp³-hybridized carbons (Fsp3) is 0.355. The van der Waals surface area contributed by atoms with E-state index in [1.807, 2.05) is 12.1 Å². The van der Waals surface area contributed by atoms with Gasteiger partial charge in [-0.3, -0.25) is 9.59 Å². The van der Waals surface area contributed by atoms with Gasteiger partial charge in [0, 0.05) is 24.9 Å². The Labute approximate surface area is 217 Å². The summed E-state index contributed by atoms with van der Waals surface area (Å²) in [6.07, 6.45) is 3.85. The summed E-state index contributed by atoms with van der Waals surface area (Å²) in [6.45, 7) is 0.836. The van der Waals surface area contributed by atoms with Gasteiger partial charge in [0.2, 0.25) is 0 Å². The van der Waals surface area contributed by atoms with E-state index in [4.69, 9.17) is 4.74 Å². The minimum atomic E-state index is -0.237. The second kappa shape index (κ2) is 10.0. The summed E-state index contributed by atoms with van der Waals surface area (Å²) in [5, 5.41) is 9.65. The summed E-state index contributed by atoms with van der Waals surface area (Å²) in [7, 11) is 1.59. The van der Waals surface area contributed by atoms with Crippen LogP contribution in [-0.4, -0.2) is 32.1 Å². The lowest BCUT2D eigenvalue weighted by atomic mass is 9.68. The van der Waals surface area contributed by atoms with Crippen LogP contribution in [0.5, 0.6) is 0 Å². The van der Waals surface area contributed by atoms with E-state index in [0.29, 0.717) is 53.8 Å². The average Bonchev–Trinajstić information content (AvgIpc) is 3.56. The zero-order chi connectivity index (χ0) is 25.4. The van der Waals surface area contributed by atoms with Gasteiger partial charge in [0.1, 0.15) is 0 Å². The first-order valence-electron chi connectivity index (χ1n) is 13.3. The zero-order valence-corrected chi connectivity index (χ0v) is 21.1. The Bertz CT molecular complexity index is 1310. The van der Waals surface area contributed by atoms with Gasteiger partial charge < -0.3 is 20.7 Å². The van der Waals surface area contributed by atoms with Crippen LogP contribution in [0.15, 0.2) is 72.8 Å². The molecule has 3 aliphatic rings. The van der Waals surface area contributed by atoms with Crippen LogP contribution in [0.3, 0.4) is 0 Å². The van der Waals surface area contributed by atoms with Gasteiger partial charge in [0.05, 0.1) is 23.9 Å². The van der Waals surface area contributed by atoms with E-state index in [2.05, 4.69) is 58.4 Å². The highest BCUT2D eigenvalue weighted by Crippen LogP contribution is 2.63. The molecular weight excluding hydrogens is 462 g/mol. The number of para-hydroxylation sites is 1. The molecule has 6 heteroatoms. The third kappa shape index (κ3) is 4.40. The standard InChI is InChI=1S/C31H33N3O3/c1-37-16-15-32-31(36)23-9-5-6-10-25(23)34-30(35)22-13-14-26-24(18-22)27-20-11-12-21(17-20)28(27)29(33-26)19-7-3-2-4-8-19/h2-10,13-14,18,20-21,27-29,33H,11-12,15-17H2,1H3,(H,32,36)(H,34,35)/t20-,21-,27-,28-,29-/m0/s1. The monoisotopic (exact) mass is 495 g/mol. The van der Waals surface area contributed by atoms with Crippen LogP contribution in [0.1, 0.15) is 63.1 Å². The van der Waals surface area contributed by atoms with Crippen molar-refractivity contribution in [1.29, 1.82) is 0 Å². The first-order chi connectivity index (χ1) is 18.1. The van der Waals surface area contributed by atoms with Crippen LogP contribution in [0.2, 0.25) is 0 Å². The van der Waals surface area contributed by atoms with Crippen LogP contribution in [0.25, 0.3) is 0 Å². The molecule has 0 aromatic heterocycles. The number of nitrogens with one attached hydrogen (secondary N) is 3. The van der Waals surface area contributed by atoms with Crippen molar-refractivity contribution in [2.24, 2.45) is 17.8 Å². The van der Waals surface area contributed by atoms with Crippen molar-refractivity contribution in [1.82, 2.24) is 5.32 Å². The minimum Gasteiger partial charge on any atom is -0.383 e. The Balaban J connectivity index is 1.27. The van der Waals surface area contributed by atoms with Gasteiger partial charge in [-0.2, -0.15) is 0 Å². The Morgan fingerprint density at radius 2 is 1.73 bits per heavy atom. The van der Waals surface area contributed by atoms with Crippen LogP contribution < -0.4 is 16.0 Å². The Hall–Kier alpha value is -3.64. The SMILES string of the molecule is COCCNC(=O)c1ccccc1NC(=O)c1ccc2c(c1)[C@@H]1[C@H]3CC[C@@H](C3)[C@@H]1[C@H](c1ccccc1)N2. The molecule has 3 N–H and O–H groups in total. The van der Waals surface area contributed by atoms with Gasteiger partial charge in [0.25, 0.3) is 11.8 Å². The third-order valence-electron chi connectivity index (χ3n) is 8.52. The second-order valence-corrected chi connectivity index (χ2v) is 10.5. The fourth-order valence-corrected chi connectivity index (χ4v) is 6.96. The fourth-order valence-electron chi connectivity index (χ4n) is 6.96. The number of methoxy groups -OCH3 is 1. The molecule has 0 saturated heterocycles. The van der Waals surface area contributed by atoms with Gasteiger partial charge in [-0.25, -0.2) is 0 Å². The molecule has 2 saturated carbocycles. The maximum absolute atomic E-state index is 13.4. The summed E-state index contributed by atoms with van der Waals surface area (Å²) in [5.74, 6) is 1.97. The first-order valence-corrected chi connectivity index (χ1v) is 13.3. The first kappa shape index (κ1) is 23.7. The van der Waals surface area contributed by atoms with E-state index < -0.39 is 0 Å². The molecule has 0 spiro atoms. The van der Waals surface area contributed by atoms with E-state index >= 15 is 0 Å². The molecule has 5 atom stereocenters. The smallest absolute Gasteiger partial charge is 0.255 e. The molecule has 2 amide bonds. The summed E-state index contributed by atoms with van der Waals surface area (Å²) in [5.41, 5.74) is 5.30. The van der Waals surface area contributed by atoms with Gasteiger partial charge in [-0.15, -0.1) is 0 Å². The predicted molar refractivity (Wildman–Crippen MR) is 145 cm³/mol. The number of anilines is 2. The van der Waals surface area contributed by atoms with Crippen LogP contribution in [0.4, 0.5) is 11.4 Å². The predicted octanol–water partition coefficient (Wildman–Crippen LogP) is 5.61. The molecule has 190 valence electrons. The van der Waals surface area contributed by atoms with Crippen LogP contribution in [-0.2, 0) is 4.74 Å². The number of carbonyl (C=O) groups excluding carboxylic acids is 2. The molecule has 0 radical (unpaired) electrons. The van der Waals surface area contributed by atoms with Crippen molar-refractivity contribution < 1.29 is 14.3 Å². The molecule has 0 unspecified atom stereocenters. The number of amides is 2.